The lowest BCUT2D eigenvalue weighted by atomic mass is 9.91. The van der Waals surface area contributed by atoms with E-state index in [1.54, 1.807) is 0 Å². The third-order valence-corrected chi connectivity index (χ3v) is 3.11. The Kier molecular flexibility index (Phi) is 3.88. The van der Waals surface area contributed by atoms with Gasteiger partial charge in [0, 0.05) is 11.3 Å². The Hall–Kier alpha value is -2.50. The lowest BCUT2D eigenvalue weighted by Gasteiger charge is -2.28. The molecule has 0 saturated carbocycles. The number of anilines is 1. The van der Waals surface area contributed by atoms with E-state index in [4.69, 9.17) is 0 Å². The summed E-state index contributed by atoms with van der Waals surface area (Å²) in [5, 5.41) is 11.9. The third kappa shape index (κ3) is 2.99. The molecule has 0 aliphatic heterocycles. The van der Waals surface area contributed by atoms with E-state index in [2.05, 4.69) is 5.32 Å². The van der Waals surface area contributed by atoms with Gasteiger partial charge >= 0.3 is 5.97 Å². The van der Waals surface area contributed by atoms with Gasteiger partial charge in [0.05, 0.1) is 0 Å². The van der Waals surface area contributed by atoms with Crippen molar-refractivity contribution in [1.29, 1.82) is 0 Å². The Morgan fingerprint density at radius 2 is 1.76 bits per heavy atom. The Labute approximate surface area is 119 Å². The van der Waals surface area contributed by atoms with Gasteiger partial charge in [0.2, 0.25) is 0 Å². The van der Waals surface area contributed by atoms with Crippen molar-refractivity contribution in [2.24, 2.45) is 0 Å². The predicted octanol–water partition coefficient (Wildman–Crippen LogP) is 3.52. The number of rotatable bonds is 4. The van der Waals surface area contributed by atoms with Crippen LogP contribution >= 0.6 is 0 Å². The summed E-state index contributed by atoms with van der Waals surface area (Å²) in [6.07, 6.45) is 0. The van der Waals surface area contributed by atoms with Crippen molar-refractivity contribution in [3.05, 3.63) is 65.5 Å². The molecule has 110 valence electrons. The van der Waals surface area contributed by atoms with Gasteiger partial charge in [-0.05, 0) is 43.3 Å². The zero-order valence-electron chi connectivity index (χ0n) is 11.0. The van der Waals surface area contributed by atoms with Crippen LogP contribution in [0.2, 0.25) is 0 Å². The minimum Gasteiger partial charge on any atom is -0.479 e. The lowest BCUT2D eigenvalue weighted by Crippen LogP contribution is -2.41. The molecule has 2 rings (SSSR count). The van der Waals surface area contributed by atoms with Gasteiger partial charge in [-0.25, -0.2) is 18.0 Å². The van der Waals surface area contributed by atoms with E-state index in [0.29, 0.717) is 0 Å². The number of aliphatic carboxylic acids is 1. The molecule has 0 aliphatic carbocycles. The number of nitrogens with one attached hydrogen (secondary N) is 1. The fourth-order valence-corrected chi connectivity index (χ4v) is 1.97. The minimum atomic E-state index is -1.94. The second-order valence-electron chi connectivity index (χ2n) is 4.69. The number of hydrogen-bond acceptors (Lipinski definition) is 2. The highest BCUT2D eigenvalue weighted by Gasteiger charge is 2.38. The first kappa shape index (κ1) is 14.9. The first-order valence-electron chi connectivity index (χ1n) is 6.05. The number of carboxylic acids is 1. The van der Waals surface area contributed by atoms with E-state index in [1.165, 1.54) is 25.1 Å². The molecule has 0 aliphatic rings. The summed E-state index contributed by atoms with van der Waals surface area (Å²) in [5.74, 6) is -3.63. The minimum absolute atomic E-state index is 0.142. The zero-order chi connectivity index (χ0) is 15.6. The molecule has 2 N–H and O–H groups in total. The number of hydrogen-bond donors (Lipinski definition) is 2. The van der Waals surface area contributed by atoms with Crippen molar-refractivity contribution in [3.8, 4) is 0 Å². The quantitative estimate of drug-likeness (QED) is 0.907. The molecule has 0 aromatic heterocycles. The van der Waals surface area contributed by atoms with Crippen LogP contribution in [-0.4, -0.2) is 11.1 Å². The maximum Gasteiger partial charge on any atom is 0.333 e. The third-order valence-electron chi connectivity index (χ3n) is 3.11. The molecule has 0 bridgehead atoms. The van der Waals surface area contributed by atoms with E-state index >= 15 is 0 Å². The van der Waals surface area contributed by atoms with Crippen LogP contribution in [-0.2, 0) is 10.3 Å². The molecule has 0 fully saturated rings. The molecule has 21 heavy (non-hydrogen) atoms. The van der Waals surface area contributed by atoms with Crippen LogP contribution in [0, 0.1) is 17.5 Å². The van der Waals surface area contributed by atoms with Gasteiger partial charge in [0.1, 0.15) is 17.5 Å². The Balaban J connectivity index is 2.50. The Morgan fingerprint density at radius 1 is 1.10 bits per heavy atom. The van der Waals surface area contributed by atoms with Crippen LogP contribution < -0.4 is 5.32 Å². The predicted molar refractivity (Wildman–Crippen MR) is 71.4 cm³/mol. The number of carboxylic acid groups (broad SMARTS) is 1. The molecule has 0 saturated heterocycles. The van der Waals surface area contributed by atoms with E-state index in [9.17, 15) is 23.1 Å². The normalized spacial score (nSPS) is 13.5. The molecule has 1 atom stereocenters. The standard InChI is InChI=1S/C15H12F3NO2/c1-15(14(20)21,12-8-10(17)5-6-13(12)18)19-11-4-2-3-9(16)7-11/h2-8,19H,1H3,(H,20,21). The summed E-state index contributed by atoms with van der Waals surface area (Å²) in [6, 6.07) is 7.60. The van der Waals surface area contributed by atoms with Crippen molar-refractivity contribution < 1.29 is 23.1 Å². The highest BCUT2D eigenvalue weighted by atomic mass is 19.1. The zero-order valence-corrected chi connectivity index (χ0v) is 11.0. The summed E-state index contributed by atoms with van der Waals surface area (Å²) < 4.78 is 40.3. The van der Waals surface area contributed by atoms with Crippen molar-refractivity contribution in [3.63, 3.8) is 0 Å². The molecule has 1 unspecified atom stereocenters. The largest absolute Gasteiger partial charge is 0.479 e. The fourth-order valence-electron chi connectivity index (χ4n) is 1.97. The van der Waals surface area contributed by atoms with Crippen molar-refractivity contribution in [2.75, 3.05) is 5.32 Å². The van der Waals surface area contributed by atoms with E-state index in [-0.39, 0.29) is 11.3 Å². The highest BCUT2D eigenvalue weighted by molar-refractivity contribution is 5.84. The van der Waals surface area contributed by atoms with Gasteiger partial charge in [-0.15, -0.1) is 0 Å². The average molecular weight is 295 g/mol. The molecule has 2 aromatic rings. The first-order valence-corrected chi connectivity index (χ1v) is 6.05. The number of carbonyl (C=O) groups is 1. The molecule has 0 heterocycles. The Bertz CT molecular complexity index is 690. The summed E-state index contributed by atoms with van der Waals surface area (Å²) in [6.45, 7) is 1.18. The maximum atomic E-state index is 13.9. The summed E-state index contributed by atoms with van der Waals surface area (Å²) in [5.41, 5.74) is -2.18. The molecular weight excluding hydrogens is 283 g/mol. The van der Waals surface area contributed by atoms with Crippen molar-refractivity contribution >= 4 is 11.7 Å². The monoisotopic (exact) mass is 295 g/mol. The Morgan fingerprint density at radius 3 is 2.38 bits per heavy atom. The fraction of sp³-hybridized carbons (Fsp3) is 0.133. The van der Waals surface area contributed by atoms with Crippen LogP contribution in [0.15, 0.2) is 42.5 Å². The first-order chi connectivity index (χ1) is 9.83. The van der Waals surface area contributed by atoms with Gasteiger partial charge in [0.15, 0.2) is 5.54 Å². The molecule has 0 radical (unpaired) electrons. The van der Waals surface area contributed by atoms with Gasteiger partial charge in [-0.3, -0.25) is 0 Å². The van der Waals surface area contributed by atoms with E-state index in [1.807, 2.05) is 0 Å². The van der Waals surface area contributed by atoms with Crippen LogP contribution in [0.4, 0.5) is 18.9 Å². The van der Waals surface area contributed by atoms with Crippen molar-refractivity contribution in [1.82, 2.24) is 0 Å². The van der Waals surface area contributed by atoms with Crippen molar-refractivity contribution in [2.45, 2.75) is 12.5 Å². The second-order valence-corrected chi connectivity index (χ2v) is 4.69. The number of benzene rings is 2. The van der Waals surface area contributed by atoms with Gasteiger partial charge < -0.3 is 10.4 Å². The molecule has 3 nitrogen and oxygen atoms in total. The molecule has 0 spiro atoms. The smallest absolute Gasteiger partial charge is 0.333 e. The lowest BCUT2D eigenvalue weighted by molar-refractivity contribution is -0.142. The maximum absolute atomic E-state index is 13.9. The molecule has 6 heteroatoms. The van der Waals surface area contributed by atoms with E-state index < -0.39 is 29.0 Å². The van der Waals surface area contributed by atoms with Gasteiger partial charge in [-0.1, -0.05) is 6.07 Å². The second kappa shape index (κ2) is 5.47. The van der Waals surface area contributed by atoms with Crippen LogP contribution in [0.1, 0.15) is 12.5 Å². The number of halogens is 3. The summed E-state index contributed by atoms with van der Waals surface area (Å²) in [4.78, 5) is 11.5. The van der Waals surface area contributed by atoms with Gasteiger partial charge in [-0.2, -0.15) is 0 Å². The van der Waals surface area contributed by atoms with E-state index in [0.717, 1.165) is 24.3 Å². The molecule has 2 aromatic carbocycles. The topological polar surface area (TPSA) is 49.3 Å². The van der Waals surface area contributed by atoms with Gasteiger partial charge in [0.25, 0.3) is 0 Å². The molecular formula is C15H12F3NO2. The molecule has 0 amide bonds. The van der Waals surface area contributed by atoms with Crippen LogP contribution in [0.5, 0.6) is 0 Å². The summed E-state index contributed by atoms with van der Waals surface area (Å²) >= 11 is 0. The SMILES string of the molecule is CC(Nc1cccc(F)c1)(C(=O)O)c1cc(F)ccc1F. The highest BCUT2D eigenvalue weighted by Crippen LogP contribution is 2.29. The van der Waals surface area contributed by atoms with Crippen LogP contribution in [0.25, 0.3) is 0 Å². The summed E-state index contributed by atoms with van der Waals surface area (Å²) in [7, 11) is 0. The van der Waals surface area contributed by atoms with Crippen LogP contribution in [0.3, 0.4) is 0 Å². The average Bonchev–Trinajstić information content (AvgIpc) is 2.41.